The van der Waals surface area contributed by atoms with Crippen molar-refractivity contribution in [2.45, 2.75) is 12.8 Å². The van der Waals surface area contributed by atoms with Crippen LogP contribution in [0.5, 0.6) is 0 Å². The number of halogens is 1. The maximum Gasteiger partial charge on any atom is 0.224 e. The molecule has 1 aromatic carbocycles. The molecule has 1 heterocycles. The van der Waals surface area contributed by atoms with Crippen molar-refractivity contribution in [3.63, 3.8) is 0 Å². The highest BCUT2D eigenvalue weighted by Crippen LogP contribution is 2.04. The van der Waals surface area contributed by atoms with Crippen molar-refractivity contribution >= 4 is 5.91 Å². The molecule has 2 aromatic rings. The third kappa shape index (κ3) is 4.50. The van der Waals surface area contributed by atoms with Crippen molar-refractivity contribution < 1.29 is 9.18 Å². The van der Waals surface area contributed by atoms with Gasteiger partial charge in [-0.1, -0.05) is 18.2 Å². The maximum absolute atomic E-state index is 13.0. The zero-order valence-corrected chi connectivity index (χ0v) is 10.5. The number of pyridine rings is 1. The highest BCUT2D eigenvalue weighted by atomic mass is 19.1. The summed E-state index contributed by atoms with van der Waals surface area (Å²) in [6.45, 7) is 0.533. The number of hydrogen-bond donors (Lipinski definition) is 1. The Labute approximate surface area is 111 Å². The van der Waals surface area contributed by atoms with E-state index in [1.807, 2.05) is 18.2 Å². The molecule has 0 saturated carbocycles. The average Bonchev–Trinajstić information content (AvgIpc) is 2.40. The predicted molar refractivity (Wildman–Crippen MR) is 71.1 cm³/mol. The molecular formula is C15H15FN2O. The normalized spacial score (nSPS) is 10.2. The van der Waals surface area contributed by atoms with Gasteiger partial charge in [-0.2, -0.15) is 0 Å². The minimum Gasteiger partial charge on any atom is -0.355 e. The molecule has 1 aromatic heterocycles. The van der Waals surface area contributed by atoms with E-state index in [1.54, 1.807) is 18.3 Å². The molecule has 0 bridgehead atoms. The number of aromatic nitrogens is 1. The van der Waals surface area contributed by atoms with E-state index in [2.05, 4.69) is 10.3 Å². The second kappa shape index (κ2) is 6.64. The summed E-state index contributed by atoms with van der Waals surface area (Å²) in [5.74, 6) is -0.430. The summed E-state index contributed by atoms with van der Waals surface area (Å²) in [5, 5.41) is 2.80. The van der Waals surface area contributed by atoms with Crippen molar-refractivity contribution in [1.82, 2.24) is 10.3 Å². The van der Waals surface area contributed by atoms with Crippen LogP contribution in [0.25, 0.3) is 0 Å². The molecule has 0 fully saturated rings. The molecular weight excluding hydrogens is 243 g/mol. The Morgan fingerprint density at radius 3 is 2.84 bits per heavy atom. The fourth-order valence-corrected chi connectivity index (χ4v) is 1.77. The van der Waals surface area contributed by atoms with Crippen LogP contribution in [0.4, 0.5) is 4.39 Å². The molecule has 19 heavy (non-hydrogen) atoms. The number of carbonyl (C=O) groups excluding carboxylic acids is 1. The number of nitrogens with one attached hydrogen (secondary N) is 1. The number of amides is 1. The van der Waals surface area contributed by atoms with E-state index in [9.17, 15) is 9.18 Å². The van der Waals surface area contributed by atoms with Gasteiger partial charge in [0.2, 0.25) is 5.91 Å². The second-order valence-corrected chi connectivity index (χ2v) is 4.23. The van der Waals surface area contributed by atoms with E-state index in [0.29, 0.717) is 18.5 Å². The van der Waals surface area contributed by atoms with E-state index in [4.69, 9.17) is 0 Å². The summed E-state index contributed by atoms with van der Waals surface area (Å²) in [5.41, 5.74) is 1.61. The largest absolute Gasteiger partial charge is 0.355 e. The van der Waals surface area contributed by atoms with Gasteiger partial charge in [-0.25, -0.2) is 4.39 Å². The average molecular weight is 258 g/mol. The van der Waals surface area contributed by atoms with Crippen molar-refractivity contribution in [3.8, 4) is 0 Å². The van der Waals surface area contributed by atoms with Gasteiger partial charge in [0.25, 0.3) is 0 Å². The molecule has 1 amide bonds. The Balaban J connectivity index is 1.76. The first-order valence-electron chi connectivity index (χ1n) is 6.15. The molecule has 0 spiro atoms. The van der Waals surface area contributed by atoms with Gasteiger partial charge in [0.15, 0.2) is 0 Å². The Morgan fingerprint density at radius 1 is 1.21 bits per heavy atom. The number of rotatable bonds is 5. The van der Waals surface area contributed by atoms with Crippen LogP contribution in [0.1, 0.15) is 11.3 Å². The third-order valence-corrected chi connectivity index (χ3v) is 2.68. The van der Waals surface area contributed by atoms with Crippen LogP contribution in [0.3, 0.4) is 0 Å². The topological polar surface area (TPSA) is 42.0 Å². The molecule has 0 aliphatic rings. The van der Waals surface area contributed by atoms with E-state index >= 15 is 0 Å². The van der Waals surface area contributed by atoms with E-state index in [0.717, 1.165) is 5.69 Å². The van der Waals surface area contributed by atoms with Crippen molar-refractivity contribution in [2.75, 3.05) is 6.54 Å². The van der Waals surface area contributed by atoms with Crippen LogP contribution in [-0.4, -0.2) is 17.4 Å². The van der Waals surface area contributed by atoms with Crippen molar-refractivity contribution in [2.24, 2.45) is 0 Å². The summed E-state index contributed by atoms with van der Waals surface area (Å²) in [7, 11) is 0. The molecule has 0 aliphatic heterocycles. The number of carbonyl (C=O) groups is 1. The molecule has 3 nitrogen and oxygen atoms in total. The quantitative estimate of drug-likeness (QED) is 0.892. The molecule has 0 aliphatic carbocycles. The van der Waals surface area contributed by atoms with Gasteiger partial charge in [-0.3, -0.25) is 9.78 Å². The van der Waals surface area contributed by atoms with Crippen molar-refractivity contribution in [3.05, 3.63) is 65.7 Å². The molecule has 0 unspecified atom stereocenters. The lowest BCUT2D eigenvalue weighted by atomic mass is 10.1. The lowest BCUT2D eigenvalue weighted by molar-refractivity contribution is -0.120. The molecule has 0 atom stereocenters. The highest BCUT2D eigenvalue weighted by molar-refractivity contribution is 5.78. The first kappa shape index (κ1) is 13.2. The lowest BCUT2D eigenvalue weighted by Gasteiger charge is -2.05. The maximum atomic E-state index is 13.0. The zero-order valence-electron chi connectivity index (χ0n) is 10.5. The summed E-state index contributed by atoms with van der Waals surface area (Å²) in [4.78, 5) is 15.8. The van der Waals surface area contributed by atoms with Gasteiger partial charge < -0.3 is 5.32 Å². The molecule has 0 saturated heterocycles. The van der Waals surface area contributed by atoms with Crippen LogP contribution < -0.4 is 5.32 Å². The molecule has 1 N–H and O–H groups in total. The predicted octanol–water partition coefficient (Wildman–Crippen LogP) is 2.12. The summed E-state index contributed by atoms with van der Waals surface area (Å²) < 4.78 is 13.0. The minimum absolute atomic E-state index is 0.110. The fourth-order valence-electron chi connectivity index (χ4n) is 1.77. The molecule has 0 radical (unpaired) electrons. The van der Waals surface area contributed by atoms with Crippen LogP contribution in [0, 0.1) is 5.82 Å². The van der Waals surface area contributed by atoms with Gasteiger partial charge in [0, 0.05) is 24.9 Å². The smallest absolute Gasteiger partial charge is 0.224 e. The standard InChI is InChI=1S/C15H15FN2O/c16-13-5-3-4-12(10-13)11-15(19)18-9-7-14-6-1-2-8-17-14/h1-6,8,10H,7,9,11H2,(H,18,19). The Kier molecular flexibility index (Phi) is 4.61. The molecule has 2 rings (SSSR count). The van der Waals surface area contributed by atoms with Crippen molar-refractivity contribution in [1.29, 1.82) is 0 Å². The van der Waals surface area contributed by atoms with Gasteiger partial charge in [-0.15, -0.1) is 0 Å². The summed E-state index contributed by atoms with van der Waals surface area (Å²) in [6, 6.07) is 11.8. The van der Waals surface area contributed by atoms with Gasteiger partial charge in [0.1, 0.15) is 5.82 Å². The second-order valence-electron chi connectivity index (χ2n) is 4.23. The van der Waals surface area contributed by atoms with Crippen LogP contribution >= 0.6 is 0 Å². The van der Waals surface area contributed by atoms with Gasteiger partial charge in [-0.05, 0) is 29.8 Å². The minimum atomic E-state index is -0.321. The monoisotopic (exact) mass is 258 g/mol. The highest BCUT2D eigenvalue weighted by Gasteiger charge is 2.04. The van der Waals surface area contributed by atoms with E-state index in [-0.39, 0.29) is 18.1 Å². The first-order valence-corrected chi connectivity index (χ1v) is 6.15. The molecule has 4 heteroatoms. The Bertz CT molecular complexity index is 543. The fraction of sp³-hybridized carbons (Fsp3) is 0.200. The zero-order chi connectivity index (χ0) is 13.5. The number of hydrogen-bond acceptors (Lipinski definition) is 2. The number of benzene rings is 1. The first-order chi connectivity index (χ1) is 9.24. The van der Waals surface area contributed by atoms with Gasteiger partial charge >= 0.3 is 0 Å². The van der Waals surface area contributed by atoms with E-state index < -0.39 is 0 Å². The number of nitrogens with zero attached hydrogens (tertiary/aromatic N) is 1. The third-order valence-electron chi connectivity index (χ3n) is 2.68. The Morgan fingerprint density at radius 2 is 2.11 bits per heavy atom. The Hall–Kier alpha value is -2.23. The van der Waals surface area contributed by atoms with Gasteiger partial charge in [0.05, 0.1) is 6.42 Å². The molecule has 98 valence electrons. The van der Waals surface area contributed by atoms with E-state index in [1.165, 1.54) is 12.1 Å². The lowest BCUT2D eigenvalue weighted by Crippen LogP contribution is -2.27. The summed E-state index contributed by atoms with van der Waals surface area (Å²) >= 11 is 0. The summed E-state index contributed by atoms with van der Waals surface area (Å²) in [6.07, 6.45) is 2.61. The SMILES string of the molecule is O=C(Cc1cccc(F)c1)NCCc1ccccn1. The van der Waals surface area contributed by atoms with Crippen LogP contribution in [-0.2, 0) is 17.6 Å². The van der Waals surface area contributed by atoms with Crippen LogP contribution in [0.15, 0.2) is 48.7 Å². The van der Waals surface area contributed by atoms with Crippen LogP contribution in [0.2, 0.25) is 0 Å².